The topological polar surface area (TPSA) is 64.6 Å². The Bertz CT molecular complexity index is 266. The third-order valence-electron chi connectivity index (χ3n) is 2.09. The molecule has 5 heteroatoms. The fourth-order valence-corrected chi connectivity index (χ4v) is 1.30. The monoisotopic (exact) mass is 229 g/mol. The van der Waals surface area contributed by atoms with Crippen molar-refractivity contribution in [1.82, 2.24) is 5.32 Å². The second-order valence-electron chi connectivity index (χ2n) is 4.98. The van der Waals surface area contributed by atoms with E-state index in [9.17, 15) is 9.59 Å². The number of hydrogen-bond donors (Lipinski definition) is 1. The van der Waals surface area contributed by atoms with Crippen molar-refractivity contribution in [3.05, 3.63) is 0 Å². The molecule has 92 valence electrons. The van der Waals surface area contributed by atoms with E-state index in [4.69, 9.17) is 9.47 Å². The Morgan fingerprint density at radius 1 is 1.25 bits per heavy atom. The van der Waals surface area contributed by atoms with E-state index in [2.05, 4.69) is 5.32 Å². The quantitative estimate of drug-likeness (QED) is 0.710. The molecular formula is C11H19NO4. The van der Waals surface area contributed by atoms with Gasteiger partial charge in [-0.15, -0.1) is 0 Å². The highest BCUT2D eigenvalue weighted by Gasteiger charge is 2.22. The van der Waals surface area contributed by atoms with Crippen molar-refractivity contribution in [2.24, 2.45) is 5.92 Å². The lowest BCUT2D eigenvalue weighted by Gasteiger charge is -2.26. The molecule has 0 atom stereocenters. The number of hydrogen-bond acceptors (Lipinski definition) is 5. The minimum Gasteiger partial charge on any atom is -0.457 e. The molecule has 0 unspecified atom stereocenters. The van der Waals surface area contributed by atoms with Gasteiger partial charge in [0.05, 0.1) is 6.42 Å². The molecular weight excluding hydrogens is 210 g/mol. The van der Waals surface area contributed by atoms with Crippen molar-refractivity contribution in [1.29, 1.82) is 0 Å². The molecule has 0 aromatic rings. The van der Waals surface area contributed by atoms with Gasteiger partial charge in [0, 0.05) is 0 Å². The summed E-state index contributed by atoms with van der Waals surface area (Å²) in [5.74, 6) is -0.490. The van der Waals surface area contributed by atoms with Crippen LogP contribution in [0.25, 0.3) is 0 Å². The zero-order valence-corrected chi connectivity index (χ0v) is 10.0. The average Bonchev–Trinajstić information content (AvgIpc) is 2.05. The summed E-state index contributed by atoms with van der Waals surface area (Å²) >= 11 is 0. The van der Waals surface area contributed by atoms with Gasteiger partial charge in [0.15, 0.2) is 6.61 Å². The molecule has 1 aliphatic heterocycles. The van der Waals surface area contributed by atoms with Gasteiger partial charge in [-0.3, -0.25) is 4.79 Å². The number of rotatable bonds is 4. The Morgan fingerprint density at radius 2 is 1.88 bits per heavy atom. The molecule has 0 radical (unpaired) electrons. The number of ether oxygens (including phenoxy) is 2. The van der Waals surface area contributed by atoms with Gasteiger partial charge in [0.25, 0.3) is 0 Å². The largest absolute Gasteiger partial charge is 0.457 e. The predicted molar refractivity (Wildman–Crippen MR) is 57.8 cm³/mol. The van der Waals surface area contributed by atoms with Gasteiger partial charge in [-0.05, 0) is 39.8 Å². The molecule has 0 spiro atoms. The van der Waals surface area contributed by atoms with Crippen LogP contribution in [0.3, 0.4) is 0 Å². The lowest BCUT2D eigenvalue weighted by atomic mass is 10.00. The summed E-state index contributed by atoms with van der Waals surface area (Å²) in [6, 6.07) is 0. The first-order valence-corrected chi connectivity index (χ1v) is 5.45. The van der Waals surface area contributed by atoms with Gasteiger partial charge in [0.2, 0.25) is 0 Å². The highest BCUT2D eigenvalue weighted by Crippen LogP contribution is 2.10. The molecule has 1 aliphatic rings. The van der Waals surface area contributed by atoms with Gasteiger partial charge in [-0.25, -0.2) is 4.79 Å². The van der Waals surface area contributed by atoms with Gasteiger partial charge in [-0.2, -0.15) is 0 Å². The minimum absolute atomic E-state index is 0.295. The van der Waals surface area contributed by atoms with E-state index in [1.165, 1.54) is 0 Å². The lowest BCUT2D eigenvalue weighted by molar-refractivity contribution is -0.167. The number of nitrogens with one attached hydrogen (secondary N) is 1. The fourth-order valence-electron chi connectivity index (χ4n) is 1.30. The minimum atomic E-state index is -0.540. The lowest BCUT2D eigenvalue weighted by Crippen LogP contribution is -2.43. The molecule has 0 bridgehead atoms. The van der Waals surface area contributed by atoms with Gasteiger partial charge in [-0.1, -0.05) is 0 Å². The first-order valence-electron chi connectivity index (χ1n) is 5.45. The second-order valence-corrected chi connectivity index (χ2v) is 4.98. The maximum Gasteiger partial charge on any atom is 0.344 e. The molecule has 1 N–H and O–H groups in total. The highest BCUT2D eigenvalue weighted by molar-refractivity contribution is 5.76. The van der Waals surface area contributed by atoms with E-state index < -0.39 is 11.6 Å². The zero-order valence-electron chi connectivity index (χ0n) is 10.0. The van der Waals surface area contributed by atoms with Crippen molar-refractivity contribution >= 4 is 11.9 Å². The summed E-state index contributed by atoms with van der Waals surface area (Å²) in [7, 11) is 0. The van der Waals surface area contributed by atoms with Crippen molar-refractivity contribution in [3.63, 3.8) is 0 Å². The molecule has 0 aromatic heterocycles. The van der Waals surface area contributed by atoms with Crippen LogP contribution in [-0.4, -0.2) is 37.2 Å². The van der Waals surface area contributed by atoms with Crippen molar-refractivity contribution in [3.8, 4) is 0 Å². The Hall–Kier alpha value is -1.10. The van der Waals surface area contributed by atoms with E-state index >= 15 is 0 Å². The second kappa shape index (κ2) is 5.30. The Morgan fingerprint density at radius 3 is 2.31 bits per heavy atom. The SMILES string of the molecule is CC(C)(C)OC(=O)COC(=O)CC1CNC1. The van der Waals surface area contributed by atoms with Gasteiger partial charge in [0.1, 0.15) is 5.60 Å². The summed E-state index contributed by atoms with van der Waals surface area (Å²) in [4.78, 5) is 22.5. The normalized spacial score (nSPS) is 16.4. The van der Waals surface area contributed by atoms with Crippen LogP contribution in [0, 0.1) is 5.92 Å². The van der Waals surface area contributed by atoms with E-state index in [-0.39, 0.29) is 12.6 Å². The molecule has 1 rings (SSSR count). The van der Waals surface area contributed by atoms with E-state index in [0.717, 1.165) is 13.1 Å². The number of carbonyl (C=O) groups excluding carboxylic acids is 2. The van der Waals surface area contributed by atoms with E-state index in [1.807, 2.05) is 0 Å². The first kappa shape index (κ1) is 13.0. The Kier molecular flexibility index (Phi) is 4.29. The summed E-state index contributed by atoms with van der Waals surface area (Å²) in [6.45, 7) is 6.71. The maximum absolute atomic E-state index is 11.3. The van der Waals surface area contributed by atoms with Crippen LogP contribution >= 0.6 is 0 Å². The van der Waals surface area contributed by atoms with E-state index in [1.54, 1.807) is 20.8 Å². The molecule has 0 amide bonds. The van der Waals surface area contributed by atoms with Crippen LogP contribution in [0.5, 0.6) is 0 Å². The summed E-state index contributed by atoms with van der Waals surface area (Å²) in [5, 5.41) is 3.06. The van der Waals surface area contributed by atoms with Crippen molar-refractivity contribution in [2.75, 3.05) is 19.7 Å². The highest BCUT2D eigenvalue weighted by atomic mass is 16.6. The number of carbonyl (C=O) groups is 2. The van der Waals surface area contributed by atoms with Crippen LogP contribution in [0.1, 0.15) is 27.2 Å². The zero-order chi connectivity index (χ0) is 12.2. The average molecular weight is 229 g/mol. The molecule has 5 nitrogen and oxygen atoms in total. The summed E-state index contributed by atoms with van der Waals surface area (Å²) in [6.07, 6.45) is 0.371. The third-order valence-corrected chi connectivity index (χ3v) is 2.09. The molecule has 1 fully saturated rings. The third kappa shape index (κ3) is 5.11. The van der Waals surface area contributed by atoms with Gasteiger partial charge < -0.3 is 14.8 Å². The standard InChI is InChI=1S/C11H19NO4/c1-11(2,3)16-10(14)7-15-9(13)4-8-5-12-6-8/h8,12H,4-7H2,1-3H3. The Balaban J connectivity index is 2.13. The van der Waals surface area contributed by atoms with Crippen LogP contribution in [0.4, 0.5) is 0 Å². The first-order chi connectivity index (χ1) is 7.37. The predicted octanol–water partition coefficient (Wildman–Crippen LogP) is 0.481. The van der Waals surface area contributed by atoms with E-state index in [0.29, 0.717) is 12.3 Å². The smallest absolute Gasteiger partial charge is 0.344 e. The van der Waals surface area contributed by atoms with Crippen LogP contribution < -0.4 is 5.32 Å². The molecule has 1 saturated heterocycles. The summed E-state index contributed by atoms with van der Waals surface area (Å²) < 4.78 is 9.82. The fraction of sp³-hybridized carbons (Fsp3) is 0.818. The molecule has 0 aromatic carbocycles. The van der Waals surface area contributed by atoms with Gasteiger partial charge >= 0.3 is 11.9 Å². The Labute approximate surface area is 95.5 Å². The number of esters is 2. The van der Waals surface area contributed by atoms with Crippen molar-refractivity contribution < 1.29 is 19.1 Å². The summed E-state index contributed by atoms with van der Waals surface area (Å²) in [5.41, 5.74) is -0.540. The van der Waals surface area contributed by atoms with Crippen molar-refractivity contribution in [2.45, 2.75) is 32.8 Å². The molecule has 1 heterocycles. The maximum atomic E-state index is 11.3. The van der Waals surface area contributed by atoms with Crippen LogP contribution in [0.15, 0.2) is 0 Å². The molecule has 0 saturated carbocycles. The van der Waals surface area contributed by atoms with Crippen LogP contribution in [-0.2, 0) is 19.1 Å². The molecule has 0 aliphatic carbocycles. The molecule has 16 heavy (non-hydrogen) atoms. The van der Waals surface area contributed by atoms with Crippen LogP contribution in [0.2, 0.25) is 0 Å².